The Labute approximate surface area is 125 Å². The van der Waals surface area contributed by atoms with Gasteiger partial charge in [0.25, 0.3) is 0 Å². The summed E-state index contributed by atoms with van der Waals surface area (Å²) in [6.45, 7) is 8.85. The average molecular weight is 276 g/mol. The molecule has 2 heterocycles. The number of fused-ring (bicyclic) bond motifs is 1. The van der Waals surface area contributed by atoms with Gasteiger partial charge in [0.2, 0.25) is 0 Å². The van der Waals surface area contributed by atoms with Crippen molar-refractivity contribution in [2.24, 2.45) is 0 Å². The summed E-state index contributed by atoms with van der Waals surface area (Å²) in [7, 11) is 0. The summed E-state index contributed by atoms with van der Waals surface area (Å²) in [5.74, 6) is 0. The van der Waals surface area contributed by atoms with Gasteiger partial charge >= 0.3 is 0 Å². The number of pyridine rings is 2. The summed E-state index contributed by atoms with van der Waals surface area (Å²) < 4.78 is 0. The number of benzene rings is 1. The first-order valence-electron chi connectivity index (χ1n) is 7.28. The molecule has 0 fully saturated rings. The first kappa shape index (κ1) is 13.7. The number of hydrogen-bond donors (Lipinski definition) is 0. The van der Waals surface area contributed by atoms with Crippen molar-refractivity contribution in [1.29, 1.82) is 0 Å². The monoisotopic (exact) mass is 276 g/mol. The van der Waals surface area contributed by atoms with E-state index in [1.807, 2.05) is 12.1 Å². The minimum absolute atomic E-state index is 0.135. The molecule has 106 valence electrons. The zero-order valence-corrected chi connectivity index (χ0v) is 13.0. The van der Waals surface area contributed by atoms with Crippen LogP contribution in [0.3, 0.4) is 0 Å². The Bertz CT molecular complexity index is 798. The fourth-order valence-electron chi connectivity index (χ4n) is 2.48. The maximum Gasteiger partial charge on any atom is 0.159 e. The van der Waals surface area contributed by atoms with E-state index in [2.05, 4.69) is 63.0 Å². The van der Waals surface area contributed by atoms with Crippen LogP contribution < -0.4 is 0 Å². The second kappa shape index (κ2) is 4.96. The van der Waals surface area contributed by atoms with Gasteiger partial charge in [0.05, 0.1) is 5.69 Å². The number of rotatable bonds is 1. The highest BCUT2D eigenvalue weighted by Crippen LogP contribution is 2.29. The van der Waals surface area contributed by atoms with Crippen LogP contribution in [0, 0.1) is 6.92 Å². The highest BCUT2D eigenvalue weighted by molar-refractivity contribution is 5.78. The smallest absolute Gasteiger partial charge is 0.159 e. The van der Waals surface area contributed by atoms with E-state index in [4.69, 9.17) is 4.98 Å². The maximum absolute atomic E-state index is 4.70. The first-order valence-corrected chi connectivity index (χ1v) is 7.28. The van der Waals surface area contributed by atoms with Gasteiger partial charge in [0, 0.05) is 17.1 Å². The molecule has 2 aromatic heterocycles. The number of aryl methyl sites for hydroxylation is 1. The van der Waals surface area contributed by atoms with Crippen LogP contribution in [0.4, 0.5) is 0 Å². The molecule has 0 unspecified atom stereocenters. The summed E-state index contributed by atoms with van der Waals surface area (Å²) >= 11 is 0. The molecule has 1 aromatic carbocycles. The van der Waals surface area contributed by atoms with Gasteiger partial charge in [-0.2, -0.15) is 0 Å². The number of hydrogen-bond acceptors (Lipinski definition) is 2. The molecular weight excluding hydrogens is 256 g/mol. The van der Waals surface area contributed by atoms with Gasteiger partial charge in [-0.15, -0.1) is 0 Å². The van der Waals surface area contributed by atoms with E-state index in [0.29, 0.717) is 0 Å². The summed E-state index contributed by atoms with van der Waals surface area (Å²) in [5, 5.41) is 1.07. The Hall–Kier alpha value is -2.22. The zero-order valence-electron chi connectivity index (χ0n) is 13.0. The quantitative estimate of drug-likeness (QED) is 0.631. The third-order valence-corrected chi connectivity index (χ3v) is 3.70. The molecule has 3 aromatic rings. The van der Waals surface area contributed by atoms with Crippen LogP contribution in [0.25, 0.3) is 22.3 Å². The van der Waals surface area contributed by atoms with E-state index in [1.54, 1.807) is 6.20 Å². The Morgan fingerprint density at radius 2 is 1.76 bits per heavy atom. The largest absolute Gasteiger partial charge is 0.237 e. The molecule has 0 aliphatic rings. The van der Waals surface area contributed by atoms with Gasteiger partial charge in [-0.25, -0.2) is 9.97 Å². The van der Waals surface area contributed by atoms with E-state index < -0.39 is 0 Å². The zero-order chi connectivity index (χ0) is 15.0. The van der Waals surface area contributed by atoms with E-state index in [1.165, 1.54) is 11.1 Å². The van der Waals surface area contributed by atoms with Crippen molar-refractivity contribution in [2.45, 2.75) is 33.1 Å². The summed E-state index contributed by atoms with van der Waals surface area (Å²) in [5.41, 5.74) is 5.67. The molecule has 0 amide bonds. The van der Waals surface area contributed by atoms with Crippen molar-refractivity contribution in [1.82, 2.24) is 9.97 Å². The van der Waals surface area contributed by atoms with Crippen LogP contribution in [-0.4, -0.2) is 9.97 Å². The Kier molecular flexibility index (Phi) is 3.25. The standard InChI is InChI=1S/C19H20N2/c1-13-10-15(12-16(11-13)19(2,3)4)17-8-7-14-6-5-9-20-18(14)21-17/h5-12H,1-4H3. The second-order valence-corrected chi connectivity index (χ2v) is 6.58. The second-order valence-electron chi connectivity index (χ2n) is 6.58. The SMILES string of the molecule is Cc1cc(-c2ccc3cccnc3n2)cc(C(C)(C)C)c1. The summed E-state index contributed by atoms with van der Waals surface area (Å²) in [6, 6.07) is 14.8. The van der Waals surface area contributed by atoms with Crippen LogP contribution in [0.2, 0.25) is 0 Å². The van der Waals surface area contributed by atoms with Crippen LogP contribution in [-0.2, 0) is 5.41 Å². The molecule has 0 bridgehead atoms. The van der Waals surface area contributed by atoms with Crippen LogP contribution >= 0.6 is 0 Å². The van der Waals surface area contributed by atoms with E-state index in [-0.39, 0.29) is 5.41 Å². The highest BCUT2D eigenvalue weighted by Gasteiger charge is 2.15. The lowest BCUT2D eigenvalue weighted by atomic mass is 9.85. The predicted octanol–water partition coefficient (Wildman–Crippen LogP) is 4.90. The molecule has 3 rings (SSSR count). The van der Waals surface area contributed by atoms with Crippen molar-refractivity contribution in [3.63, 3.8) is 0 Å². The van der Waals surface area contributed by atoms with E-state index in [9.17, 15) is 0 Å². The molecule has 0 aliphatic heterocycles. The lowest BCUT2D eigenvalue weighted by molar-refractivity contribution is 0.590. The average Bonchev–Trinajstić information content (AvgIpc) is 2.45. The van der Waals surface area contributed by atoms with Gasteiger partial charge < -0.3 is 0 Å². The van der Waals surface area contributed by atoms with Crippen LogP contribution in [0.15, 0.2) is 48.7 Å². The fourth-order valence-corrected chi connectivity index (χ4v) is 2.48. The molecule has 0 saturated heterocycles. The number of nitrogens with zero attached hydrogens (tertiary/aromatic N) is 2. The van der Waals surface area contributed by atoms with Crippen molar-refractivity contribution < 1.29 is 0 Å². The van der Waals surface area contributed by atoms with Gasteiger partial charge in [-0.3, -0.25) is 0 Å². The molecule has 0 spiro atoms. The topological polar surface area (TPSA) is 25.8 Å². The molecule has 21 heavy (non-hydrogen) atoms. The molecule has 0 saturated carbocycles. The lowest BCUT2D eigenvalue weighted by Gasteiger charge is -2.20. The lowest BCUT2D eigenvalue weighted by Crippen LogP contribution is -2.11. The normalized spacial score (nSPS) is 11.8. The van der Waals surface area contributed by atoms with E-state index in [0.717, 1.165) is 22.3 Å². The molecule has 2 nitrogen and oxygen atoms in total. The molecule has 0 N–H and O–H groups in total. The van der Waals surface area contributed by atoms with Gasteiger partial charge in [0.1, 0.15) is 0 Å². The first-order chi connectivity index (χ1) is 9.93. The summed E-state index contributed by atoms with van der Waals surface area (Å²) in [4.78, 5) is 9.05. The van der Waals surface area contributed by atoms with Crippen molar-refractivity contribution in [2.75, 3.05) is 0 Å². The van der Waals surface area contributed by atoms with Gasteiger partial charge in [0.15, 0.2) is 5.65 Å². The maximum atomic E-state index is 4.70. The van der Waals surface area contributed by atoms with E-state index >= 15 is 0 Å². The molecule has 0 atom stereocenters. The van der Waals surface area contributed by atoms with Crippen molar-refractivity contribution in [3.8, 4) is 11.3 Å². The molecule has 2 heteroatoms. The Balaban J connectivity index is 2.16. The van der Waals surface area contributed by atoms with Crippen LogP contribution in [0.1, 0.15) is 31.9 Å². The molecular formula is C19H20N2. The fraction of sp³-hybridized carbons (Fsp3) is 0.263. The molecule has 0 aliphatic carbocycles. The Morgan fingerprint density at radius 1 is 0.952 bits per heavy atom. The van der Waals surface area contributed by atoms with Gasteiger partial charge in [-0.1, -0.05) is 32.4 Å². The van der Waals surface area contributed by atoms with Crippen LogP contribution in [0.5, 0.6) is 0 Å². The molecule has 0 radical (unpaired) electrons. The predicted molar refractivity (Wildman–Crippen MR) is 88.4 cm³/mol. The number of aromatic nitrogens is 2. The van der Waals surface area contributed by atoms with Crippen molar-refractivity contribution >= 4 is 11.0 Å². The van der Waals surface area contributed by atoms with Crippen molar-refractivity contribution in [3.05, 3.63) is 59.8 Å². The third-order valence-electron chi connectivity index (χ3n) is 3.70. The minimum Gasteiger partial charge on any atom is -0.237 e. The third kappa shape index (κ3) is 2.80. The highest BCUT2D eigenvalue weighted by atomic mass is 14.8. The summed E-state index contributed by atoms with van der Waals surface area (Å²) in [6.07, 6.45) is 1.79. The van der Waals surface area contributed by atoms with Gasteiger partial charge in [-0.05, 0) is 54.3 Å². The Morgan fingerprint density at radius 3 is 2.52 bits per heavy atom. The minimum atomic E-state index is 0.135.